The number of rotatable bonds is 6. The third-order valence-electron chi connectivity index (χ3n) is 4.40. The highest BCUT2D eigenvalue weighted by molar-refractivity contribution is 5.91. The molecular weight excluding hydrogens is 304 g/mol. The lowest BCUT2D eigenvalue weighted by atomic mass is 10.1. The maximum atomic E-state index is 12.1. The number of nitrogens with one attached hydrogen (secondary N) is 1. The van der Waals surface area contributed by atoms with Crippen LogP contribution in [0.2, 0.25) is 0 Å². The normalized spacial score (nSPS) is 18.0. The van der Waals surface area contributed by atoms with Crippen LogP contribution in [-0.4, -0.2) is 40.6 Å². The van der Waals surface area contributed by atoms with Crippen molar-refractivity contribution < 1.29 is 9.32 Å². The number of hydrogen-bond acceptors (Lipinski definition) is 5. The fraction of sp³-hybridized carbons (Fsp3) is 0.500. The highest BCUT2D eigenvalue weighted by Gasteiger charge is 2.24. The van der Waals surface area contributed by atoms with Gasteiger partial charge in [-0.1, -0.05) is 18.1 Å². The van der Waals surface area contributed by atoms with Gasteiger partial charge >= 0.3 is 0 Å². The summed E-state index contributed by atoms with van der Waals surface area (Å²) >= 11 is 0. The Bertz CT molecular complexity index is 698. The minimum absolute atomic E-state index is 0.180. The van der Waals surface area contributed by atoms with Gasteiger partial charge in [0.1, 0.15) is 0 Å². The van der Waals surface area contributed by atoms with E-state index in [1.54, 1.807) is 6.07 Å². The first-order valence-corrected chi connectivity index (χ1v) is 8.52. The highest BCUT2D eigenvalue weighted by Crippen LogP contribution is 2.18. The van der Waals surface area contributed by atoms with Crippen LogP contribution in [-0.2, 0) is 13.0 Å². The van der Waals surface area contributed by atoms with Gasteiger partial charge in [0.2, 0.25) is 5.76 Å². The summed E-state index contributed by atoms with van der Waals surface area (Å²) in [7, 11) is 0. The van der Waals surface area contributed by atoms with Gasteiger partial charge in [-0.2, -0.15) is 0 Å². The Hall–Kier alpha value is -2.21. The number of likely N-dealkylation sites (tertiary alicyclic amines) is 1. The van der Waals surface area contributed by atoms with Crippen molar-refractivity contribution in [3.05, 3.63) is 47.1 Å². The van der Waals surface area contributed by atoms with Crippen LogP contribution in [0.3, 0.4) is 0 Å². The van der Waals surface area contributed by atoms with E-state index in [4.69, 9.17) is 4.52 Å². The molecule has 6 heteroatoms. The lowest BCUT2D eigenvalue weighted by Gasteiger charge is -2.16. The standard InChI is InChI=1S/C18H24N4O2/c1-3-15-9-17(24-21-15)18(23)19-10-14-7-8-22(11-14)12-16-6-4-5-13(2)20-16/h4-6,9,14H,3,7-8,10-12H2,1-2H3,(H,19,23)/t14-/m0/s1. The van der Waals surface area contributed by atoms with Gasteiger partial charge in [0.25, 0.3) is 5.91 Å². The van der Waals surface area contributed by atoms with Crippen molar-refractivity contribution in [1.29, 1.82) is 0 Å². The zero-order valence-corrected chi connectivity index (χ0v) is 14.3. The molecule has 2 aromatic rings. The van der Waals surface area contributed by atoms with Gasteiger partial charge in [-0.05, 0) is 44.4 Å². The number of aryl methyl sites for hydroxylation is 2. The molecule has 24 heavy (non-hydrogen) atoms. The van der Waals surface area contributed by atoms with Crippen LogP contribution in [0.4, 0.5) is 0 Å². The number of hydrogen-bond donors (Lipinski definition) is 1. The lowest BCUT2D eigenvalue weighted by Crippen LogP contribution is -2.30. The maximum Gasteiger partial charge on any atom is 0.289 e. The first kappa shape index (κ1) is 16.6. The molecule has 128 valence electrons. The number of nitrogens with zero attached hydrogens (tertiary/aromatic N) is 3. The van der Waals surface area contributed by atoms with Crippen LogP contribution in [0.15, 0.2) is 28.8 Å². The summed E-state index contributed by atoms with van der Waals surface area (Å²) < 4.78 is 5.06. The summed E-state index contributed by atoms with van der Waals surface area (Å²) in [6, 6.07) is 7.84. The van der Waals surface area contributed by atoms with Gasteiger partial charge < -0.3 is 9.84 Å². The Morgan fingerprint density at radius 2 is 2.29 bits per heavy atom. The van der Waals surface area contributed by atoms with Crippen molar-refractivity contribution in [1.82, 2.24) is 20.4 Å². The SMILES string of the molecule is CCc1cc(C(=O)NC[C@@H]2CCN(Cc3cccc(C)n3)C2)on1. The summed E-state index contributed by atoms with van der Waals surface area (Å²) in [6.45, 7) is 7.55. The van der Waals surface area contributed by atoms with Crippen LogP contribution in [0, 0.1) is 12.8 Å². The Labute approximate surface area is 142 Å². The van der Waals surface area contributed by atoms with E-state index in [1.165, 1.54) is 0 Å². The molecule has 1 aliphatic rings. The number of aromatic nitrogens is 2. The van der Waals surface area contributed by atoms with E-state index in [2.05, 4.69) is 26.4 Å². The molecule has 1 saturated heterocycles. The van der Waals surface area contributed by atoms with Crippen molar-refractivity contribution in [3.8, 4) is 0 Å². The average Bonchev–Trinajstić information content (AvgIpc) is 3.22. The second-order valence-electron chi connectivity index (χ2n) is 6.41. The van der Waals surface area contributed by atoms with Crippen molar-refractivity contribution in [2.75, 3.05) is 19.6 Å². The topological polar surface area (TPSA) is 71.3 Å². The number of amides is 1. The van der Waals surface area contributed by atoms with Gasteiger partial charge in [-0.3, -0.25) is 14.7 Å². The minimum Gasteiger partial charge on any atom is -0.351 e. The lowest BCUT2D eigenvalue weighted by molar-refractivity contribution is 0.0910. The maximum absolute atomic E-state index is 12.1. The second kappa shape index (κ2) is 7.57. The summed E-state index contributed by atoms with van der Waals surface area (Å²) in [5.74, 6) is 0.582. The van der Waals surface area contributed by atoms with E-state index < -0.39 is 0 Å². The van der Waals surface area contributed by atoms with Crippen LogP contribution in [0.1, 0.15) is 41.0 Å². The number of carbonyl (C=O) groups excluding carboxylic acids is 1. The van der Waals surface area contributed by atoms with Crippen molar-refractivity contribution in [2.45, 2.75) is 33.2 Å². The molecule has 1 atom stereocenters. The molecule has 3 heterocycles. The Balaban J connectivity index is 1.45. The summed E-state index contributed by atoms with van der Waals surface area (Å²) in [4.78, 5) is 19.0. The minimum atomic E-state index is -0.180. The molecule has 0 spiro atoms. The molecule has 0 bridgehead atoms. The third kappa shape index (κ3) is 4.20. The van der Waals surface area contributed by atoms with E-state index in [9.17, 15) is 4.79 Å². The van der Waals surface area contributed by atoms with Crippen molar-refractivity contribution in [3.63, 3.8) is 0 Å². The largest absolute Gasteiger partial charge is 0.351 e. The number of carbonyl (C=O) groups is 1. The van der Waals surface area contributed by atoms with E-state index in [0.29, 0.717) is 18.2 Å². The fourth-order valence-corrected chi connectivity index (χ4v) is 3.05. The van der Waals surface area contributed by atoms with E-state index in [1.807, 2.05) is 26.0 Å². The van der Waals surface area contributed by atoms with Crippen LogP contribution in [0.5, 0.6) is 0 Å². The Morgan fingerprint density at radius 3 is 3.04 bits per heavy atom. The molecule has 0 saturated carbocycles. The van der Waals surface area contributed by atoms with Crippen LogP contribution in [0.25, 0.3) is 0 Å². The predicted molar refractivity (Wildman–Crippen MR) is 90.6 cm³/mol. The summed E-state index contributed by atoms with van der Waals surface area (Å²) in [5, 5.41) is 6.81. The molecule has 2 aromatic heterocycles. The van der Waals surface area contributed by atoms with E-state index >= 15 is 0 Å². The van der Waals surface area contributed by atoms with Gasteiger partial charge in [0.15, 0.2) is 0 Å². The summed E-state index contributed by atoms with van der Waals surface area (Å²) in [6.07, 6.45) is 1.85. The average molecular weight is 328 g/mol. The monoisotopic (exact) mass is 328 g/mol. The third-order valence-corrected chi connectivity index (χ3v) is 4.40. The molecule has 0 radical (unpaired) electrons. The zero-order valence-electron chi connectivity index (χ0n) is 14.3. The molecule has 0 unspecified atom stereocenters. The van der Waals surface area contributed by atoms with Crippen LogP contribution < -0.4 is 5.32 Å². The molecule has 1 N–H and O–H groups in total. The number of pyridine rings is 1. The molecule has 1 aliphatic heterocycles. The molecule has 6 nitrogen and oxygen atoms in total. The van der Waals surface area contributed by atoms with Crippen molar-refractivity contribution >= 4 is 5.91 Å². The summed E-state index contributed by atoms with van der Waals surface area (Å²) in [5.41, 5.74) is 2.96. The molecule has 0 aromatic carbocycles. The molecule has 1 amide bonds. The quantitative estimate of drug-likeness (QED) is 0.880. The zero-order chi connectivity index (χ0) is 16.9. The van der Waals surface area contributed by atoms with Gasteiger partial charge in [0, 0.05) is 31.4 Å². The smallest absolute Gasteiger partial charge is 0.289 e. The second-order valence-corrected chi connectivity index (χ2v) is 6.41. The van der Waals surface area contributed by atoms with Crippen molar-refractivity contribution in [2.24, 2.45) is 5.92 Å². The molecule has 3 rings (SSSR count). The molecule has 1 fully saturated rings. The molecule has 0 aliphatic carbocycles. The van der Waals surface area contributed by atoms with Crippen LogP contribution >= 0.6 is 0 Å². The van der Waals surface area contributed by atoms with Gasteiger partial charge in [-0.25, -0.2) is 0 Å². The van der Waals surface area contributed by atoms with Gasteiger partial charge in [0.05, 0.1) is 11.4 Å². The van der Waals surface area contributed by atoms with Gasteiger partial charge in [-0.15, -0.1) is 0 Å². The van der Waals surface area contributed by atoms with E-state index in [0.717, 1.165) is 49.6 Å². The molecular formula is C18H24N4O2. The predicted octanol–water partition coefficient (Wildman–Crippen LogP) is 2.19. The highest BCUT2D eigenvalue weighted by atomic mass is 16.5. The Morgan fingerprint density at radius 1 is 1.42 bits per heavy atom. The Kier molecular flexibility index (Phi) is 5.25. The fourth-order valence-electron chi connectivity index (χ4n) is 3.05. The van der Waals surface area contributed by atoms with E-state index in [-0.39, 0.29) is 5.91 Å². The first-order valence-electron chi connectivity index (χ1n) is 8.52. The first-order chi connectivity index (χ1) is 11.6.